The van der Waals surface area contributed by atoms with Gasteiger partial charge in [-0.3, -0.25) is 0 Å². The summed E-state index contributed by atoms with van der Waals surface area (Å²) >= 11 is 0. The molecule has 5 heteroatoms. The first-order chi connectivity index (χ1) is 30.6. The minimum Gasteiger partial charge on any atom is -0.466 e. The number of hydrogen-bond donors (Lipinski definition) is 0. The van der Waals surface area contributed by atoms with Gasteiger partial charge in [0, 0.05) is 50.3 Å². The molecule has 0 bridgehead atoms. The Labute approximate surface area is 369 Å². The fourth-order valence-electron chi connectivity index (χ4n) is 12.9. The Balaban J connectivity index is 1.18. The van der Waals surface area contributed by atoms with Crippen molar-refractivity contribution in [1.82, 2.24) is 0 Å². The van der Waals surface area contributed by atoms with E-state index in [0.29, 0.717) is 0 Å². The van der Waals surface area contributed by atoms with Gasteiger partial charge in [-0.25, -0.2) is 0 Å². The Hall–Kier alpha value is -6.46. The van der Waals surface area contributed by atoms with Crippen LogP contribution in [0.2, 0.25) is 0 Å². The van der Waals surface area contributed by atoms with Crippen molar-refractivity contribution in [2.24, 2.45) is 0 Å². The minimum atomic E-state index is -0.361. The van der Waals surface area contributed by atoms with E-state index in [4.69, 9.17) is 8.83 Å². The van der Waals surface area contributed by atoms with Gasteiger partial charge in [-0.15, -0.1) is 0 Å². The van der Waals surface area contributed by atoms with Crippen LogP contribution in [0.25, 0.3) is 55.2 Å². The molecule has 9 aromatic rings. The summed E-state index contributed by atoms with van der Waals surface area (Å²) in [6, 6.07) is 48.4. The summed E-state index contributed by atoms with van der Waals surface area (Å²) in [6.07, 6.45) is 5.72. The quantitative estimate of drug-likeness (QED) is 0.166. The summed E-state index contributed by atoms with van der Waals surface area (Å²) in [5, 5.41) is 3.48. The summed E-state index contributed by atoms with van der Waals surface area (Å²) in [5.41, 5.74) is 24.4. The van der Waals surface area contributed by atoms with Gasteiger partial charge in [0.2, 0.25) is 0 Å². The van der Waals surface area contributed by atoms with Crippen LogP contribution in [0, 0.1) is 0 Å². The van der Waals surface area contributed by atoms with E-state index >= 15 is 0 Å². The number of rotatable bonds is 4. The Bertz CT molecular complexity index is 3500. The summed E-state index contributed by atoms with van der Waals surface area (Å²) < 4.78 is 14.3. The zero-order chi connectivity index (χ0) is 42.3. The van der Waals surface area contributed by atoms with Gasteiger partial charge in [0.1, 0.15) is 22.4 Å². The molecule has 2 aromatic heterocycles. The molecule has 14 rings (SSSR count). The van der Waals surface area contributed by atoms with Crippen LogP contribution in [0.1, 0.15) is 101 Å². The molecule has 3 aliphatic heterocycles. The molecule has 1 atom stereocenters. The smallest absolute Gasteiger partial charge is 0.375 e. The van der Waals surface area contributed by atoms with Crippen molar-refractivity contribution in [3.63, 3.8) is 0 Å². The zero-order valence-electron chi connectivity index (χ0n) is 36.9. The van der Waals surface area contributed by atoms with Crippen LogP contribution < -0.4 is 20.8 Å². The van der Waals surface area contributed by atoms with E-state index in [1.54, 1.807) is 0 Å². The van der Waals surface area contributed by atoms with Gasteiger partial charge < -0.3 is 18.5 Å². The Morgan fingerprint density at radius 1 is 0.556 bits per heavy atom. The van der Waals surface area contributed by atoms with Crippen molar-refractivity contribution in [2.45, 2.75) is 89.9 Å². The molecule has 0 spiro atoms. The number of anilines is 5. The van der Waals surface area contributed by atoms with Crippen molar-refractivity contribution in [1.29, 1.82) is 0 Å². The van der Waals surface area contributed by atoms with Crippen LogP contribution in [0.5, 0.6) is 0 Å². The molecule has 4 nitrogen and oxygen atoms in total. The second-order valence-corrected chi connectivity index (χ2v) is 20.6. The molecular formula is C58H49BN2O2. The first-order valence-corrected chi connectivity index (χ1v) is 23.2. The summed E-state index contributed by atoms with van der Waals surface area (Å²) in [6.45, 7) is 14.3. The summed E-state index contributed by atoms with van der Waals surface area (Å²) in [4.78, 5) is 5.25. The predicted molar refractivity (Wildman–Crippen MR) is 262 cm³/mol. The maximum atomic E-state index is 7.61. The molecule has 2 aliphatic carbocycles. The third-order valence-corrected chi connectivity index (χ3v) is 16.2. The largest absolute Gasteiger partial charge is 0.466 e. The van der Waals surface area contributed by atoms with E-state index in [9.17, 15) is 0 Å². The molecule has 5 aliphatic rings. The Morgan fingerprint density at radius 2 is 1.30 bits per heavy atom. The maximum absolute atomic E-state index is 7.61. The molecule has 0 N–H and O–H groups in total. The van der Waals surface area contributed by atoms with Crippen LogP contribution in [-0.2, 0) is 22.7 Å². The average Bonchev–Trinajstić information content (AvgIpc) is 3.94. The van der Waals surface area contributed by atoms with Crippen molar-refractivity contribution < 1.29 is 8.83 Å². The number of aryl methyl sites for hydroxylation is 1. The Morgan fingerprint density at radius 3 is 2.13 bits per heavy atom. The van der Waals surface area contributed by atoms with E-state index in [-0.39, 0.29) is 23.1 Å². The predicted octanol–water partition coefficient (Wildman–Crippen LogP) is 14.4. The number of unbranched alkanes of at least 4 members (excludes halogenated alkanes) is 1. The first kappa shape index (κ1) is 36.1. The molecule has 0 saturated carbocycles. The highest BCUT2D eigenvalue weighted by atomic mass is 16.3. The molecule has 63 heavy (non-hydrogen) atoms. The van der Waals surface area contributed by atoms with E-state index in [1.807, 2.05) is 0 Å². The number of para-hydroxylation sites is 2. The zero-order valence-corrected chi connectivity index (χ0v) is 36.9. The highest BCUT2D eigenvalue weighted by Gasteiger charge is 2.57. The normalized spacial score (nSPS) is 18.9. The molecule has 306 valence electrons. The van der Waals surface area contributed by atoms with Gasteiger partial charge in [-0.05, 0) is 148 Å². The summed E-state index contributed by atoms with van der Waals surface area (Å²) in [5.74, 6) is 0. The molecule has 5 heterocycles. The highest BCUT2D eigenvalue weighted by molar-refractivity contribution is 6.93. The van der Waals surface area contributed by atoms with Gasteiger partial charge >= 0.3 is 6.85 Å². The van der Waals surface area contributed by atoms with Crippen molar-refractivity contribution in [3.05, 3.63) is 161 Å². The lowest BCUT2D eigenvalue weighted by atomic mass is 9.44. The lowest BCUT2D eigenvalue weighted by Crippen LogP contribution is -2.62. The van der Waals surface area contributed by atoms with Gasteiger partial charge in [-0.2, -0.15) is 0 Å². The monoisotopic (exact) mass is 816 g/mol. The third-order valence-electron chi connectivity index (χ3n) is 16.2. The SMILES string of the molecule is CCCCc1ccc2c(c1)C1(C)c3ccccc3-c3cc4c5c(c31)N2c1c(oc2cc3c(cc12)C(C)(C)CCC3(C)C)B5N(c1ccccc1)c1cc2oc3ccccc3c2cc1-4. The number of nitrogens with zero attached hydrogens (tertiary/aromatic N) is 2. The minimum absolute atomic E-state index is 0.0379. The van der Waals surface area contributed by atoms with Gasteiger partial charge in [0.15, 0.2) is 0 Å². The van der Waals surface area contributed by atoms with E-state index in [1.165, 1.54) is 96.4 Å². The molecule has 1 unspecified atom stereocenters. The molecular weight excluding hydrogens is 767 g/mol. The number of hydrogen-bond acceptors (Lipinski definition) is 4. The van der Waals surface area contributed by atoms with Crippen LogP contribution in [0.4, 0.5) is 28.4 Å². The van der Waals surface area contributed by atoms with Gasteiger partial charge in [0.25, 0.3) is 0 Å². The fourth-order valence-corrected chi connectivity index (χ4v) is 12.9. The van der Waals surface area contributed by atoms with Crippen molar-refractivity contribution >= 4 is 79.3 Å². The van der Waals surface area contributed by atoms with Crippen molar-refractivity contribution in [2.75, 3.05) is 9.71 Å². The second kappa shape index (κ2) is 12.0. The lowest BCUT2D eigenvalue weighted by Gasteiger charge is -2.49. The number of furan rings is 2. The van der Waals surface area contributed by atoms with Crippen molar-refractivity contribution in [3.8, 4) is 22.3 Å². The summed E-state index contributed by atoms with van der Waals surface area (Å²) in [7, 11) is 0. The van der Waals surface area contributed by atoms with E-state index in [0.717, 1.165) is 63.8 Å². The molecule has 0 radical (unpaired) electrons. The number of fused-ring (bicyclic) bond motifs is 17. The average molecular weight is 817 g/mol. The first-order valence-electron chi connectivity index (χ1n) is 23.2. The van der Waals surface area contributed by atoms with Crippen LogP contribution in [0.15, 0.2) is 136 Å². The lowest BCUT2D eigenvalue weighted by molar-refractivity contribution is 0.332. The topological polar surface area (TPSA) is 32.8 Å². The van der Waals surface area contributed by atoms with Crippen LogP contribution in [0.3, 0.4) is 0 Å². The highest BCUT2D eigenvalue weighted by Crippen LogP contribution is 2.65. The van der Waals surface area contributed by atoms with Crippen LogP contribution >= 0.6 is 0 Å². The van der Waals surface area contributed by atoms with Crippen LogP contribution in [-0.4, -0.2) is 6.85 Å². The fraction of sp³-hybridized carbons (Fsp3) is 0.241. The third kappa shape index (κ3) is 4.43. The second-order valence-electron chi connectivity index (χ2n) is 20.6. The molecule has 0 amide bonds. The van der Waals surface area contributed by atoms with Gasteiger partial charge in [0.05, 0.1) is 11.4 Å². The Kier molecular flexibility index (Phi) is 6.85. The standard InChI is InChI=1S/C58H49BN2O2/c1-7-8-16-33-23-24-46-45(27-33)58(6)42-21-14-12-19-35(42)39-29-40-37-28-38-36-20-13-15-22-48(36)62-50(38)32-47(37)61(34-17-10-9-11-18-34)59-52(40)54(51(39)58)60(46)53-41-30-43-44(31-49(41)63-55(53)59)57(4,5)26-25-56(43,2)3/h9-15,17-24,27-32H,7-8,16,25-26H2,1-6H3. The van der Waals surface area contributed by atoms with E-state index < -0.39 is 0 Å². The number of benzene rings is 7. The van der Waals surface area contributed by atoms with E-state index in [2.05, 4.69) is 179 Å². The maximum Gasteiger partial charge on any atom is 0.375 e. The molecule has 7 aromatic carbocycles. The molecule has 0 saturated heterocycles. The van der Waals surface area contributed by atoms with Gasteiger partial charge in [-0.1, -0.05) is 114 Å². The molecule has 0 fully saturated rings.